The van der Waals surface area contributed by atoms with E-state index in [0.29, 0.717) is 17.1 Å². The van der Waals surface area contributed by atoms with Gasteiger partial charge in [-0.15, -0.1) is 5.10 Å². The lowest BCUT2D eigenvalue weighted by Gasteiger charge is -2.13. The van der Waals surface area contributed by atoms with Crippen LogP contribution in [-0.4, -0.2) is 33.0 Å². The molecule has 0 saturated carbocycles. The predicted octanol–water partition coefficient (Wildman–Crippen LogP) is 4.20. The van der Waals surface area contributed by atoms with Crippen molar-refractivity contribution in [2.24, 2.45) is 0 Å². The van der Waals surface area contributed by atoms with Crippen LogP contribution in [0.15, 0.2) is 60.9 Å². The highest BCUT2D eigenvalue weighted by molar-refractivity contribution is 6.06. The molecule has 0 unspecified atom stereocenters. The van der Waals surface area contributed by atoms with Crippen LogP contribution in [-0.2, 0) is 0 Å². The number of carbonyl (C=O) groups excluding carboxylic acids is 1. The maximum atomic E-state index is 12.9. The van der Waals surface area contributed by atoms with E-state index < -0.39 is 0 Å². The van der Waals surface area contributed by atoms with Crippen molar-refractivity contribution >= 4 is 22.5 Å². The van der Waals surface area contributed by atoms with Crippen LogP contribution in [0.1, 0.15) is 35.7 Å². The molecule has 0 atom stereocenters. The summed E-state index contributed by atoms with van der Waals surface area (Å²) in [6, 6.07) is 15.1. The van der Waals surface area contributed by atoms with E-state index in [9.17, 15) is 4.79 Å². The van der Waals surface area contributed by atoms with Crippen LogP contribution in [0.3, 0.4) is 0 Å². The molecule has 146 valence electrons. The first-order valence-electron chi connectivity index (χ1n) is 9.32. The van der Waals surface area contributed by atoms with Gasteiger partial charge in [0, 0.05) is 22.7 Å². The molecule has 0 fully saturated rings. The average Bonchev–Trinajstić information content (AvgIpc) is 3.17. The van der Waals surface area contributed by atoms with Crippen molar-refractivity contribution in [2.45, 2.75) is 19.8 Å². The molecule has 1 N–H and O–H groups in total. The van der Waals surface area contributed by atoms with Crippen molar-refractivity contribution < 1.29 is 9.53 Å². The minimum Gasteiger partial charge on any atom is -0.480 e. The fraction of sp³-hybridized carbons (Fsp3) is 0.182. The lowest BCUT2D eigenvalue weighted by molar-refractivity contribution is 0.102. The third-order valence-corrected chi connectivity index (χ3v) is 4.73. The summed E-state index contributed by atoms with van der Waals surface area (Å²) in [4.78, 5) is 12.9. The fourth-order valence-corrected chi connectivity index (χ4v) is 3.26. The molecule has 7 nitrogen and oxygen atoms in total. The lowest BCUT2D eigenvalue weighted by atomic mass is 9.97. The van der Waals surface area contributed by atoms with E-state index in [2.05, 4.69) is 34.5 Å². The molecule has 7 heteroatoms. The number of anilines is 1. The van der Waals surface area contributed by atoms with Gasteiger partial charge < -0.3 is 10.1 Å². The summed E-state index contributed by atoms with van der Waals surface area (Å²) < 4.78 is 6.89. The van der Waals surface area contributed by atoms with E-state index in [1.54, 1.807) is 23.1 Å². The number of carbonyl (C=O) groups is 1. The van der Waals surface area contributed by atoms with Gasteiger partial charge in [0.25, 0.3) is 5.91 Å². The van der Waals surface area contributed by atoms with E-state index in [1.807, 2.05) is 42.5 Å². The summed E-state index contributed by atoms with van der Waals surface area (Å²) in [5, 5.41) is 16.2. The average molecular weight is 387 g/mol. The van der Waals surface area contributed by atoms with Crippen molar-refractivity contribution in [1.82, 2.24) is 20.0 Å². The molecule has 0 aliphatic rings. The normalized spacial score (nSPS) is 11.0. The van der Waals surface area contributed by atoms with E-state index in [4.69, 9.17) is 4.74 Å². The molecule has 2 aromatic carbocycles. The quantitative estimate of drug-likeness (QED) is 0.555. The van der Waals surface area contributed by atoms with E-state index >= 15 is 0 Å². The second-order valence-electron chi connectivity index (χ2n) is 6.98. The Morgan fingerprint density at radius 2 is 1.93 bits per heavy atom. The largest absolute Gasteiger partial charge is 0.480 e. The van der Waals surface area contributed by atoms with Gasteiger partial charge >= 0.3 is 0 Å². The molecule has 0 aliphatic heterocycles. The van der Waals surface area contributed by atoms with Gasteiger partial charge in [0.05, 0.1) is 30.7 Å². The number of methoxy groups -OCH3 is 1. The van der Waals surface area contributed by atoms with Gasteiger partial charge in [0.15, 0.2) is 0 Å². The molecule has 0 bridgehead atoms. The Hall–Kier alpha value is -3.74. The lowest BCUT2D eigenvalue weighted by Crippen LogP contribution is -2.14. The zero-order chi connectivity index (χ0) is 20.4. The van der Waals surface area contributed by atoms with Crippen LogP contribution in [0.25, 0.3) is 16.6 Å². The van der Waals surface area contributed by atoms with Crippen LogP contribution in [0.2, 0.25) is 0 Å². The van der Waals surface area contributed by atoms with Gasteiger partial charge in [-0.2, -0.15) is 10.2 Å². The van der Waals surface area contributed by atoms with Gasteiger partial charge in [-0.1, -0.05) is 32.0 Å². The molecule has 0 saturated heterocycles. The number of hydrogen-bond acceptors (Lipinski definition) is 5. The third kappa shape index (κ3) is 3.67. The fourth-order valence-electron chi connectivity index (χ4n) is 3.26. The van der Waals surface area contributed by atoms with Crippen LogP contribution >= 0.6 is 0 Å². The molecular weight excluding hydrogens is 366 g/mol. The molecule has 29 heavy (non-hydrogen) atoms. The number of hydrogen-bond donors (Lipinski definition) is 1. The Bertz CT molecular complexity index is 1180. The maximum absolute atomic E-state index is 12.9. The van der Waals surface area contributed by atoms with Gasteiger partial charge in [-0.3, -0.25) is 4.79 Å². The van der Waals surface area contributed by atoms with Gasteiger partial charge in [-0.25, -0.2) is 4.68 Å². The number of amides is 1. The summed E-state index contributed by atoms with van der Waals surface area (Å²) in [6.07, 6.45) is 3.38. The van der Waals surface area contributed by atoms with E-state index in [0.717, 1.165) is 22.2 Å². The van der Waals surface area contributed by atoms with Gasteiger partial charge in [-0.05, 0) is 35.7 Å². The maximum Gasteiger partial charge on any atom is 0.255 e. The number of nitrogens with one attached hydrogen (secondary N) is 1. The third-order valence-electron chi connectivity index (χ3n) is 4.73. The summed E-state index contributed by atoms with van der Waals surface area (Å²) >= 11 is 0. The molecular formula is C22H21N5O2. The number of rotatable bonds is 5. The zero-order valence-electron chi connectivity index (χ0n) is 16.5. The van der Waals surface area contributed by atoms with Crippen LogP contribution in [0, 0.1) is 0 Å². The highest BCUT2D eigenvalue weighted by Crippen LogP contribution is 2.24. The molecule has 4 rings (SSSR count). The summed E-state index contributed by atoms with van der Waals surface area (Å²) in [7, 11) is 1.54. The summed E-state index contributed by atoms with van der Waals surface area (Å²) in [6.45, 7) is 4.15. The molecule has 2 heterocycles. The number of nitrogens with zero attached hydrogens (tertiary/aromatic N) is 4. The second-order valence-corrected chi connectivity index (χ2v) is 6.98. The summed E-state index contributed by atoms with van der Waals surface area (Å²) in [5.74, 6) is 0.530. The topological polar surface area (TPSA) is 81.9 Å². The first-order chi connectivity index (χ1) is 14.1. The zero-order valence-corrected chi connectivity index (χ0v) is 16.5. The van der Waals surface area contributed by atoms with Gasteiger partial charge in [0.2, 0.25) is 5.88 Å². The minimum atomic E-state index is -0.132. The van der Waals surface area contributed by atoms with Crippen LogP contribution < -0.4 is 10.1 Å². The second kappa shape index (κ2) is 7.71. The monoisotopic (exact) mass is 387 g/mol. The number of fused-ring (bicyclic) bond motifs is 1. The van der Waals surface area contributed by atoms with Gasteiger partial charge in [0.1, 0.15) is 0 Å². The molecule has 1 amide bonds. The standard InChI is InChI=1S/C22H21N5O2/c1-14(2)18-6-4-5-7-19(18)22(28)25-16-9-8-15-12-24-27(20(15)10-16)17-11-21(29-3)26-23-13-17/h4-14H,1-3H3,(H,25,28). The number of benzene rings is 2. The minimum absolute atomic E-state index is 0.132. The number of ether oxygens (including phenoxy) is 1. The Morgan fingerprint density at radius 1 is 1.10 bits per heavy atom. The Balaban J connectivity index is 1.68. The van der Waals surface area contributed by atoms with Crippen molar-refractivity contribution in [3.8, 4) is 11.6 Å². The van der Waals surface area contributed by atoms with Crippen LogP contribution in [0.5, 0.6) is 5.88 Å². The van der Waals surface area contributed by atoms with Crippen molar-refractivity contribution in [1.29, 1.82) is 0 Å². The first-order valence-corrected chi connectivity index (χ1v) is 9.32. The van der Waals surface area contributed by atoms with Crippen molar-refractivity contribution in [3.63, 3.8) is 0 Å². The molecule has 4 aromatic rings. The van der Waals surface area contributed by atoms with Crippen LogP contribution in [0.4, 0.5) is 5.69 Å². The van der Waals surface area contributed by atoms with Crippen molar-refractivity contribution in [3.05, 3.63) is 72.1 Å². The molecule has 0 radical (unpaired) electrons. The SMILES string of the molecule is COc1cc(-n2ncc3ccc(NC(=O)c4ccccc4C(C)C)cc32)cnn1. The smallest absolute Gasteiger partial charge is 0.255 e. The molecule has 2 aromatic heterocycles. The Labute approximate surface area is 168 Å². The van der Waals surface area contributed by atoms with Crippen molar-refractivity contribution in [2.75, 3.05) is 12.4 Å². The molecule has 0 spiro atoms. The highest BCUT2D eigenvalue weighted by atomic mass is 16.5. The summed E-state index contributed by atoms with van der Waals surface area (Å²) in [5.41, 5.74) is 3.96. The van der Waals surface area contributed by atoms with E-state index in [1.165, 1.54) is 7.11 Å². The Morgan fingerprint density at radius 3 is 2.72 bits per heavy atom. The first kappa shape index (κ1) is 18.6. The molecule has 0 aliphatic carbocycles. The Kier molecular flexibility index (Phi) is 4.95. The number of aromatic nitrogens is 4. The van der Waals surface area contributed by atoms with E-state index in [-0.39, 0.29) is 11.8 Å². The predicted molar refractivity (Wildman–Crippen MR) is 112 cm³/mol. The highest BCUT2D eigenvalue weighted by Gasteiger charge is 2.14.